The summed E-state index contributed by atoms with van der Waals surface area (Å²) in [6.45, 7) is 0. The van der Waals surface area contributed by atoms with Gasteiger partial charge in [0.1, 0.15) is 0 Å². The summed E-state index contributed by atoms with van der Waals surface area (Å²) in [5, 5.41) is 0. The molecule has 0 fully saturated rings. The molecule has 0 aromatic rings. The fourth-order valence-electron chi connectivity index (χ4n) is 0.542. The Morgan fingerprint density at radius 3 is 2.45 bits per heavy atom. The number of rotatable bonds is 5. The van der Waals surface area contributed by atoms with Crippen molar-refractivity contribution in [2.45, 2.75) is 19.3 Å². The van der Waals surface area contributed by atoms with E-state index in [-0.39, 0.29) is 12.8 Å². The van der Waals surface area contributed by atoms with Gasteiger partial charge in [0.25, 0.3) is 0 Å². The van der Waals surface area contributed by atoms with Crippen LogP contribution in [0, 0.1) is 0 Å². The summed E-state index contributed by atoms with van der Waals surface area (Å²) in [4.78, 5) is 28.9. The second-order valence-electron chi connectivity index (χ2n) is 1.94. The van der Waals surface area contributed by atoms with E-state index in [1.165, 1.54) is 7.11 Å². The molecule has 0 saturated heterocycles. The van der Waals surface area contributed by atoms with Crippen molar-refractivity contribution in [3.63, 3.8) is 0 Å². The molecule has 0 spiro atoms. The molecular formula is C6H11NO4. The highest BCUT2D eigenvalue weighted by atomic mass is 17.2. The minimum absolute atomic E-state index is 0.150. The van der Waals surface area contributed by atoms with Crippen LogP contribution in [0.5, 0.6) is 0 Å². The Morgan fingerprint density at radius 1 is 1.36 bits per heavy atom. The first-order chi connectivity index (χ1) is 5.16. The van der Waals surface area contributed by atoms with E-state index in [0.29, 0.717) is 6.42 Å². The van der Waals surface area contributed by atoms with Crippen LogP contribution in [-0.2, 0) is 19.4 Å². The maximum absolute atomic E-state index is 10.5. The third-order valence-corrected chi connectivity index (χ3v) is 0.980. The van der Waals surface area contributed by atoms with Crippen molar-refractivity contribution in [1.29, 1.82) is 0 Å². The molecule has 1 amide bonds. The van der Waals surface area contributed by atoms with E-state index in [0.717, 1.165) is 0 Å². The van der Waals surface area contributed by atoms with E-state index in [4.69, 9.17) is 5.73 Å². The van der Waals surface area contributed by atoms with Gasteiger partial charge in [-0.3, -0.25) is 9.68 Å². The number of hydrogen-bond donors (Lipinski definition) is 1. The largest absolute Gasteiger partial charge is 0.370 e. The van der Waals surface area contributed by atoms with Gasteiger partial charge in [0.05, 0.1) is 7.11 Å². The molecular weight excluding hydrogens is 150 g/mol. The first kappa shape index (κ1) is 9.90. The van der Waals surface area contributed by atoms with Gasteiger partial charge in [-0.2, -0.15) is 4.89 Å². The normalized spacial score (nSPS) is 9.18. The molecule has 0 radical (unpaired) electrons. The zero-order chi connectivity index (χ0) is 8.69. The van der Waals surface area contributed by atoms with Crippen LogP contribution < -0.4 is 5.73 Å². The topological polar surface area (TPSA) is 78.6 Å². The first-order valence-electron chi connectivity index (χ1n) is 3.18. The highest BCUT2D eigenvalue weighted by molar-refractivity contribution is 5.75. The van der Waals surface area contributed by atoms with Crippen molar-refractivity contribution in [3.05, 3.63) is 0 Å². The van der Waals surface area contributed by atoms with Crippen molar-refractivity contribution in [2.24, 2.45) is 5.73 Å². The maximum atomic E-state index is 10.5. The SMILES string of the molecule is COOC(=O)CCCC(N)=O. The minimum atomic E-state index is -0.492. The van der Waals surface area contributed by atoms with Crippen molar-refractivity contribution in [1.82, 2.24) is 0 Å². The molecule has 0 aromatic heterocycles. The number of primary amides is 1. The molecule has 0 aliphatic carbocycles. The average Bonchev–Trinajstić information content (AvgIpc) is 1.87. The summed E-state index contributed by atoms with van der Waals surface area (Å²) in [5.41, 5.74) is 4.83. The number of hydrogen-bond acceptors (Lipinski definition) is 4. The van der Waals surface area contributed by atoms with Gasteiger partial charge in [-0.1, -0.05) is 0 Å². The zero-order valence-electron chi connectivity index (χ0n) is 6.33. The smallest absolute Gasteiger partial charge is 0.342 e. The number of carbonyl (C=O) groups excluding carboxylic acids is 2. The van der Waals surface area contributed by atoms with Crippen LogP contribution in [-0.4, -0.2) is 19.0 Å². The van der Waals surface area contributed by atoms with Crippen LogP contribution in [0.4, 0.5) is 0 Å². The molecule has 0 aliphatic rings. The van der Waals surface area contributed by atoms with Crippen molar-refractivity contribution in [2.75, 3.05) is 7.11 Å². The third-order valence-electron chi connectivity index (χ3n) is 0.980. The zero-order valence-corrected chi connectivity index (χ0v) is 6.33. The summed E-state index contributed by atoms with van der Waals surface area (Å²) >= 11 is 0. The van der Waals surface area contributed by atoms with E-state index in [2.05, 4.69) is 9.78 Å². The summed E-state index contributed by atoms with van der Waals surface area (Å²) in [6.07, 6.45) is 0.743. The lowest BCUT2D eigenvalue weighted by Crippen LogP contribution is -2.11. The Morgan fingerprint density at radius 2 is 2.00 bits per heavy atom. The molecule has 0 heterocycles. The van der Waals surface area contributed by atoms with Crippen LogP contribution in [0.2, 0.25) is 0 Å². The maximum Gasteiger partial charge on any atom is 0.342 e. The van der Waals surface area contributed by atoms with E-state index < -0.39 is 11.9 Å². The lowest BCUT2D eigenvalue weighted by molar-refractivity contribution is -0.255. The van der Waals surface area contributed by atoms with Crippen LogP contribution in [0.25, 0.3) is 0 Å². The molecule has 0 aromatic carbocycles. The molecule has 5 heteroatoms. The van der Waals surface area contributed by atoms with E-state index in [9.17, 15) is 9.59 Å². The van der Waals surface area contributed by atoms with Crippen molar-refractivity contribution < 1.29 is 19.4 Å². The minimum Gasteiger partial charge on any atom is -0.370 e. The fourth-order valence-corrected chi connectivity index (χ4v) is 0.542. The summed E-state index contributed by atoms with van der Waals surface area (Å²) < 4.78 is 0. The second-order valence-corrected chi connectivity index (χ2v) is 1.94. The Hall–Kier alpha value is -1.10. The van der Waals surface area contributed by atoms with Gasteiger partial charge in [-0.25, -0.2) is 4.79 Å². The molecule has 0 bridgehead atoms. The van der Waals surface area contributed by atoms with Gasteiger partial charge in [0.2, 0.25) is 5.91 Å². The second kappa shape index (κ2) is 5.67. The Kier molecular flexibility index (Phi) is 5.10. The predicted molar refractivity (Wildman–Crippen MR) is 36.1 cm³/mol. The summed E-state index contributed by atoms with van der Waals surface area (Å²) in [5.74, 6) is -0.913. The van der Waals surface area contributed by atoms with Gasteiger partial charge < -0.3 is 5.73 Å². The first-order valence-corrected chi connectivity index (χ1v) is 3.18. The van der Waals surface area contributed by atoms with Crippen molar-refractivity contribution >= 4 is 11.9 Å². The van der Waals surface area contributed by atoms with Gasteiger partial charge in [-0.15, -0.1) is 0 Å². The molecule has 0 aliphatic heterocycles. The van der Waals surface area contributed by atoms with E-state index in [1.807, 2.05) is 0 Å². The van der Waals surface area contributed by atoms with E-state index >= 15 is 0 Å². The lowest BCUT2D eigenvalue weighted by Gasteiger charge is -1.97. The van der Waals surface area contributed by atoms with Gasteiger partial charge in [-0.05, 0) is 6.42 Å². The number of nitrogens with two attached hydrogens (primary N) is 1. The highest BCUT2D eigenvalue weighted by Crippen LogP contribution is 1.96. The fraction of sp³-hybridized carbons (Fsp3) is 0.667. The Bertz CT molecular complexity index is 146. The Balaban J connectivity index is 3.24. The predicted octanol–water partition coefficient (Wildman–Crippen LogP) is -0.253. The lowest BCUT2D eigenvalue weighted by atomic mass is 10.2. The number of amides is 1. The van der Waals surface area contributed by atoms with Crippen LogP contribution in [0.15, 0.2) is 0 Å². The van der Waals surface area contributed by atoms with Gasteiger partial charge in [0, 0.05) is 12.8 Å². The average molecular weight is 161 g/mol. The standard InChI is InChI=1S/C6H11NO4/c1-10-11-6(9)4-2-3-5(7)8/h2-4H2,1H3,(H2,7,8). The van der Waals surface area contributed by atoms with Crippen LogP contribution in [0.3, 0.4) is 0 Å². The van der Waals surface area contributed by atoms with Gasteiger partial charge in [0.15, 0.2) is 0 Å². The summed E-state index contributed by atoms with van der Waals surface area (Å²) in [6, 6.07) is 0. The monoisotopic (exact) mass is 161 g/mol. The molecule has 2 N–H and O–H groups in total. The molecule has 5 nitrogen and oxygen atoms in total. The molecule has 64 valence electrons. The molecule has 0 saturated carbocycles. The molecule has 0 atom stereocenters. The van der Waals surface area contributed by atoms with Gasteiger partial charge >= 0.3 is 5.97 Å². The number of carbonyl (C=O) groups is 2. The van der Waals surface area contributed by atoms with Crippen LogP contribution in [0.1, 0.15) is 19.3 Å². The third kappa shape index (κ3) is 6.79. The Labute approximate surface area is 64.4 Å². The molecule has 0 unspecified atom stereocenters. The van der Waals surface area contributed by atoms with Crippen molar-refractivity contribution in [3.8, 4) is 0 Å². The molecule has 11 heavy (non-hydrogen) atoms. The molecule has 0 rings (SSSR count). The summed E-state index contributed by atoms with van der Waals surface area (Å²) in [7, 11) is 1.24. The van der Waals surface area contributed by atoms with E-state index in [1.54, 1.807) is 0 Å². The quantitative estimate of drug-likeness (QED) is 0.445. The van der Waals surface area contributed by atoms with Crippen LogP contribution >= 0.6 is 0 Å². The highest BCUT2D eigenvalue weighted by Gasteiger charge is 2.03.